The molecule has 2 aromatic rings. The zero-order chi connectivity index (χ0) is 12.4. The van der Waals surface area contributed by atoms with Crippen molar-refractivity contribution >= 4 is 40.5 Å². The first kappa shape index (κ1) is 12.0. The van der Waals surface area contributed by atoms with E-state index < -0.39 is 0 Å². The van der Waals surface area contributed by atoms with Crippen molar-refractivity contribution in [2.24, 2.45) is 0 Å². The molecule has 17 heavy (non-hydrogen) atoms. The number of hydrogen-bond acceptors (Lipinski definition) is 4. The van der Waals surface area contributed by atoms with Crippen LogP contribution in [0.5, 0.6) is 0 Å². The molecule has 0 aliphatic heterocycles. The van der Waals surface area contributed by atoms with Gasteiger partial charge in [0.15, 0.2) is 5.82 Å². The Morgan fingerprint density at radius 3 is 2.53 bits per heavy atom. The van der Waals surface area contributed by atoms with Crippen molar-refractivity contribution in [2.45, 2.75) is 6.92 Å². The maximum absolute atomic E-state index is 6.16. The highest BCUT2D eigenvalue weighted by Gasteiger charge is 2.09. The number of nitrogen functional groups attached to an aromatic ring is 1. The number of nitrogens with two attached hydrogens (primary N) is 1. The number of nitrogens with one attached hydrogen (secondary N) is 1. The standard InChI is InChI=1S/C11H10Cl2N4/c1-6-2-3-7(12)11(10(6)13)15-9-5-4-8(14)16-17-9/h2-5H,1H3,(H2,14,16)(H,15,17). The number of rotatable bonds is 2. The molecule has 1 aromatic carbocycles. The van der Waals surface area contributed by atoms with E-state index in [9.17, 15) is 0 Å². The smallest absolute Gasteiger partial charge is 0.153 e. The van der Waals surface area contributed by atoms with Gasteiger partial charge in [0.1, 0.15) is 5.82 Å². The van der Waals surface area contributed by atoms with Crippen molar-refractivity contribution in [3.05, 3.63) is 39.9 Å². The molecule has 88 valence electrons. The average molecular weight is 269 g/mol. The van der Waals surface area contributed by atoms with Crippen LogP contribution in [0.1, 0.15) is 5.56 Å². The van der Waals surface area contributed by atoms with Crippen LogP contribution in [0.3, 0.4) is 0 Å². The van der Waals surface area contributed by atoms with Crippen LogP contribution in [-0.4, -0.2) is 10.2 Å². The summed E-state index contributed by atoms with van der Waals surface area (Å²) < 4.78 is 0. The number of aryl methyl sites for hydroxylation is 1. The zero-order valence-electron chi connectivity index (χ0n) is 9.04. The highest BCUT2D eigenvalue weighted by molar-refractivity contribution is 6.39. The minimum Gasteiger partial charge on any atom is -0.382 e. The lowest BCUT2D eigenvalue weighted by molar-refractivity contribution is 1.05. The Labute approximate surface area is 109 Å². The largest absolute Gasteiger partial charge is 0.382 e. The predicted molar refractivity (Wildman–Crippen MR) is 70.9 cm³/mol. The van der Waals surface area contributed by atoms with Gasteiger partial charge in [0.25, 0.3) is 0 Å². The summed E-state index contributed by atoms with van der Waals surface area (Å²) in [6, 6.07) is 6.98. The molecular formula is C11H10Cl2N4. The Kier molecular flexibility index (Phi) is 3.36. The van der Waals surface area contributed by atoms with E-state index in [1.54, 1.807) is 18.2 Å². The summed E-state index contributed by atoms with van der Waals surface area (Å²) in [5, 5.41) is 11.7. The molecule has 0 aliphatic carbocycles. The highest BCUT2D eigenvalue weighted by Crippen LogP contribution is 2.34. The SMILES string of the molecule is Cc1ccc(Cl)c(Nc2ccc(N)nn2)c1Cl. The number of aromatic nitrogens is 2. The van der Waals surface area contributed by atoms with Crippen LogP contribution in [0.15, 0.2) is 24.3 Å². The van der Waals surface area contributed by atoms with Crippen LogP contribution in [0, 0.1) is 6.92 Å². The molecule has 0 bridgehead atoms. The third kappa shape index (κ3) is 2.60. The topological polar surface area (TPSA) is 63.8 Å². The maximum Gasteiger partial charge on any atom is 0.153 e. The third-order valence-corrected chi connectivity index (χ3v) is 3.02. The lowest BCUT2D eigenvalue weighted by Gasteiger charge is -2.10. The predicted octanol–water partition coefficient (Wildman–Crippen LogP) is 3.42. The van der Waals surface area contributed by atoms with E-state index in [1.165, 1.54) is 0 Å². The minimum atomic E-state index is 0.358. The van der Waals surface area contributed by atoms with Gasteiger partial charge in [0, 0.05) is 0 Å². The van der Waals surface area contributed by atoms with E-state index in [1.807, 2.05) is 13.0 Å². The summed E-state index contributed by atoms with van der Waals surface area (Å²) in [4.78, 5) is 0. The second-order valence-corrected chi connectivity index (χ2v) is 4.31. The van der Waals surface area contributed by atoms with Gasteiger partial charge >= 0.3 is 0 Å². The number of halogens is 2. The molecule has 0 fully saturated rings. The fraction of sp³-hybridized carbons (Fsp3) is 0.0909. The van der Waals surface area contributed by atoms with Gasteiger partial charge < -0.3 is 11.1 Å². The molecule has 3 N–H and O–H groups in total. The number of anilines is 3. The first-order chi connectivity index (χ1) is 8.08. The molecule has 1 aromatic heterocycles. The van der Waals surface area contributed by atoms with Crippen LogP contribution in [0.2, 0.25) is 10.0 Å². The van der Waals surface area contributed by atoms with Crippen molar-refractivity contribution < 1.29 is 0 Å². The Balaban J connectivity index is 2.36. The van der Waals surface area contributed by atoms with E-state index in [0.29, 0.717) is 27.4 Å². The molecule has 0 radical (unpaired) electrons. The normalized spacial score (nSPS) is 10.3. The van der Waals surface area contributed by atoms with E-state index >= 15 is 0 Å². The fourth-order valence-electron chi connectivity index (χ4n) is 1.31. The number of benzene rings is 1. The molecule has 1 heterocycles. The van der Waals surface area contributed by atoms with Crippen LogP contribution in [-0.2, 0) is 0 Å². The van der Waals surface area contributed by atoms with Crippen LogP contribution >= 0.6 is 23.2 Å². The van der Waals surface area contributed by atoms with Gasteiger partial charge in [-0.3, -0.25) is 0 Å². The molecule has 2 rings (SSSR count). The molecule has 0 amide bonds. The molecule has 0 aliphatic rings. The Morgan fingerprint density at radius 2 is 1.88 bits per heavy atom. The van der Waals surface area contributed by atoms with Crippen LogP contribution in [0.4, 0.5) is 17.3 Å². The Hall–Kier alpha value is -1.52. The van der Waals surface area contributed by atoms with Gasteiger partial charge in [-0.1, -0.05) is 29.3 Å². The molecule has 4 nitrogen and oxygen atoms in total. The first-order valence-electron chi connectivity index (χ1n) is 4.89. The van der Waals surface area contributed by atoms with Gasteiger partial charge in [-0.05, 0) is 30.7 Å². The highest BCUT2D eigenvalue weighted by atomic mass is 35.5. The van der Waals surface area contributed by atoms with E-state index in [-0.39, 0.29) is 0 Å². The third-order valence-electron chi connectivity index (χ3n) is 2.22. The van der Waals surface area contributed by atoms with Gasteiger partial charge in [-0.15, -0.1) is 10.2 Å². The lowest BCUT2D eigenvalue weighted by atomic mass is 10.2. The number of hydrogen-bond donors (Lipinski definition) is 2. The first-order valence-corrected chi connectivity index (χ1v) is 5.64. The van der Waals surface area contributed by atoms with Crippen LogP contribution < -0.4 is 11.1 Å². The minimum absolute atomic E-state index is 0.358. The summed E-state index contributed by atoms with van der Waals surface area (Å²) in [6.45, 7) is 1.90. The van der Waals surface area contributed by atoms with E-state index in [2.05, 4.69) is 15.5 Å². The summed E-state index contributed by atoms with van der Waals surface area (Å²) in [6.07, 6.45) is 0. The number of nitrogens with zero attached hydrogens (tertiary/aromatic N) is 2. The summed E-state index contributed by atoms with van der Waals surface area (Å²) in [5.74, 6) is 0.894. The second kappa shape index (κ2) is 4.77. The van der Waals surface area contributed by atoms with Crippen molar-refractivity contribution in [2.75, 3.05) is 11.1 Å². The van der Waals surface area contributed by atoms with E-state index in [4.69, 9.17) is 28.9 Å². The van der Waals surface area contributed by atoms with Gasteiger partial charge in [-0.2, -0.15) is 0 Å². The van der Waals surface area contributed by atoms with Crippen molar-refractivity contribution in [1.82, 2.24) is 10.2 Å². The van der Waals surface area contributed by atoms with Gasteiger partial charge in [0.05, 0.1) is 15.7 Å². The van der Waals surface area contributed by atoms with Crippen molar-refractivity contribution in [3.63, 3.8) is 0 Å². The molecule has 0 atom stereocenters. The zero-order valence-corrected chi connectivity index (χ0v) is 10.5. The molecule has 0 saturated carbocycles. The van der Waals surface area contributed by atoms with Gasteiger partial charge in [0.2, 0.25) is 0 Å². The maximum atomic E-state index is 6.16. The van der Waals surface area contributed by atoms with E-state index in [0.717, 1.165) is 5.56 Å². The lowest BCUT2D eigenvalue weighted by Crippen LogP contribution is -1.99. The van der Waals surface area contributed by atoms with Crippen LogP contribution in [0.25, 0.3) is 0 Å². The average Bonchev–Trinajstić information content (AvgIpc) is 2.32. The molecule has 6 heteroatoms. The molecule has 0 spiro atoms. The quantitative estimate of drug-likeness (QED) is 0.876. The fourth-order valence-corrected chi connectivity index (χ4v) is 1.77. The molecule has 0 unspecified atom stereocenters. The Bertz CT molecular complexity index is 540. The summed E-state index contributed by atoms with van der Waals surface area (Å²) in [5.41, 5.74) is 7.00. The van der Waals surface area contributed by atoms with Gasteiger partial charge in [-0.25, -0.2) is 0 Å². The molecule has 0 saturated heterocycles. The van der Waals surface area contributed by atoms with Crippen molar-refractivity contribution in [3.8, 4) is 0 Å². The summed E-state index contributed by atoms with van der Waals surface area (Å²) >= 11 is 12.2. The van der Waals surface area contributed by atoms with Crippen molar-refractivity contribution in [1.29, 1.82) is 0 Å². The Morgan fingerprint density at radius 1 is 1.12 bits per heavy atom. The monoisotopic (exact) mass is 268 g/mol. The molecular weight excluding hydrogens is 259 g/mol. The second-order valence-electron chi connectivity index (χ2n) is 3.52. The summed E-state index contributed by atoms with van der Waals surface area (Å²) in [7, 11) is 0.